The summed E-state index contributed by atoms with van der Waals surface area (Å²) >= 11 is 0. The van der Waals surface area contributed by atoms with Gasteiger partial charge in [-0.3, -0.25) is 9.69 Å². The van der Waals surface area contributed by atoms with Crippen molar-refractivity contribution in [1.82, 2.24) is 0 Å². The van der Waals surface area contributed by atoms with Gasteiger partial charge in [0.05, 0.1) is 17.1 Å². The van der Waals surface area contributed by atoms with Crippen molar-refractivity contribution in [2.45, 2.75) is 19.8 Å². The van der Waals surface area contributed by atoms with Gasteiger partial charge >= 0.3 is 0 Å². The first-order valence-corrected chi connectivity index (χ1v) is 7.91. The first-order chi connectivity index (χ1) is 12.0. The zero-order valence-electron chi connectivity index (χ0n) is 13.9. The number of hydrogen-bond donors (Lipinski definition) is 3. The Morgan fingerprint density at radius 2 is 1.68 bits per heavy atom. The predicted octanol–water partition coefficient (Wildman–Crippen LogP) is 1.69. The minimum absolute atomic E-state index is 0.0386. The SMILES string of the molecule is CC(=O)N1c2ccccc2CCc2ccc(N=C(N)N=C(N)N)cc21. The highest BCUT2D eigenvalue weighted by atomic mass is 16.2. The van der Waals surface area contributed by atoms with Crippen molar-refractivity contribution in [3.63, 3.8) is 0 Å². The summed E-state index contributed by atoms with van der Waals surface area (Å²) in [5, 5.41) is 0. The molecule has 25 heavy (non-hydrogen) atoms. The molecule has 0 aromatic heterocycles. The molecule has 6 N–H and O–H groups in total. The van der Waals surface area contributed by atoms with Crippen LogP contribution in [0.4, 0.5) is 17.1 Å². The van der Waals surface area contributed by atoms with Crippen molar-refractivity contribution < 1.29 is 4.79 Å². The molecule has 2 aromatic rings. The van der Waals surface area contributed by atoms with Crippen LogP contribution in [0.2, 0.25) is 0 Å². The Morgan fingerprint density at radius 3 is 2.36 bits per heavy atom. The average Bonchev–Trinajstić information content (AvgIpc) is 2.70. The van der Waals surface area contributed by atoms with Crippen LogP contribution in [0.25, 0.3) is 0 Å². The molecule has 1 aliphatic heterocycles. The van der Waals surface area contributed by atoms with Gasteiger partial charge in [0.15, 0.2) is 5.96 Å². The van der Waals surface area contributed by atoms with Gasteiger partial charge in [-0.1, -0.05) is 24.3 Å². The second-order valence-corrected chi connectivity index (χ2v) is 5.80. The van der Waals surface area contributed by atoms with Crippen LogP contribution in [0.1, 0.15) is 18.1 Å². The van der Waals surface area contributed by atoms with E-state index in [9.17, 15) is 4.79 Å². The predicted molar refractivity (Wildman–Crippen MR) is 100 cm³/mol. The molecule has 0 fully saturated rings. The Balaban J connectivity index is 2.12. The van der Waals surface area contributed by atoms with Gasteiger partial charge in [0.1, 0.15) is 0 Å². The monoisotopic (exact) mass is 336 g/mol. The molecule has 0 spiro atoms. The van der Waals surface area contributed by atoms with Gasteiger partial charge in [-0.25, -0.2) is 4.99 Å². The maximum atomic E-state index is 12.4. The Labute approximate surface area is 145 Å². The van der Waals surface area contributed by atoms with Crippen LogP contribution >= 0.6 is 0 Å². The van der Waals surface area contributed by atoms with Crippen molar-refractivity contribution >= 4 is 34.9 Å². The molecule has 1 amide bonds. The van der Waals surface area contributed by atoms with Crippen LogP contribution in [0.15, 0.2) is 52.4 Å². The molecule has 0 radical (unpaired) electrons. The number of hydrogen-bond acceptors (Lipinski definition) is 2. The van der Waals surface area contributed by atoms with Gasteiger partial charge in [-0.05, 0) is 42.2 Å². The van der Waals surface area contributed by atoms with E-state index in [4.69, 9.17) is 17.2 Å². The smallest absolute Gasteiger partial charge is 0.228 e. The van der Waals surface area contributed by atoms with Crippen LogP contribution in [0.3, 0.4) is 0 Å². The molecule has 1 heterocycles. The number of aryl methyl sites for hydroxylation is 2. The van der Waals surface area contributed by atoms with E-state index in [0.29, 0.717) is 5.69 Å². The van der Waals surface area contributed by atoms with Gasteiger partial charge in [-0.15, -0.1) is 0 Å². The Hall–Kier alpha value is -3.35. The summed E-state index contributed by atoms with van der Waals surface area (Å²) in [6.07, 6.45) is 1.70. The van der Waals surface area contributed by atoms with Gasteiger partial charge in [-0.2, -0.15) is 4.99 Å². The quantitative estimate of drug-likeness (QED) is 0.541. The minimum atomic E-state index is -0.157. The van der Waals surface area contributed by atoms with Crippen LogP contribution < -0.4 is 22.1 Å². The number of carbonyl (C=O) groups excluding carboxylic acids is 1. The fraction of sp³-hybridized carbons (Fsp3) is 0.167. The van der Waals surface area contributed by atoms with Gasteiger partial charge in [0.25, 0.3) is 0 Å². The second kappa shape index (κ2) is 6.64. The summed E-state index contributed by atoms with van der Waals surface area (Å²) in [5.41, 5.74) is 20.8. The highest BCUT2D eigenvalue weighted by Gasteiger charge is 2.23. The van der Waals surface area contributed by atoms with E-state index in [1.165, 1.54) is 0 Å². The maximum Gasteiger partial charge on any atom is 0.228 e. The lowest BCUT2D eigenvalue weighted by atomic mass is 10.0. The van der Waals surface area contributed by atoms with Crippen molar-refractivity contribution in [2.75, 3.05) is 4.90 Å². The van der Waals surface area contributed by atoms with Gasteiger partial charge < -0.3 is 17.2 Å². The number of anilines is 2. The number of guanidine groups is 2. The zero-order valence-corrected chi connectivity index (χ0v) is 13.9. The van der Waals surface area contributed by atoms with Gasteiger partial charge in [0.2, 0.25) is 11.9 Å². The molecular formula is C18H20N6O. The highest BCUT2D eigenvalue weighted by Crippen LogP contribution is 2.38. The summed E-state index contributed by atoms with van der Waals surface area (Å²) in [5.74, 6) is -0.257. The molecule has 7 heteroatoms. The topological polar surface area (TPSA) is 123 Å². The number of amides is 1. The molecule has 0 saturated heterocycles. The number of nitrogens with two attached hydrogens (primary N) is 3. The van der Waals surface area contributed by atoms with E-state index < -0.39 is 0 Å². The van der Waals surface area contributed by atoms with Crippen molar-refractivity contribution in [3.05, 3.63) is 53.6 Å². The first kappa shape index (κ1) is 16.5. The number of benzene rings is 2. The normalized spacial score (nSPS) is 13.5. The highest BCUT2D eigenvalue weighted by molar-refractivity contribution is 6.01. The molecular weight excluding hydrogens is 316 g/mol. The largest absolute Gasteiger partial charge is 0.370 e. The van der Waals surface area contributed by atoms with Crippen LogP contribution in [-0.2, 0) is 17.6 Å². The number of para-hydroxylation sites is 1. The van der Waals surface area contributed by atoms with Crippen LogP contribution in [0.5, 0.6) is 0 Å². The standard InChI is InChI=1S/C18H20N6O/c1-11(25)24-15-5-3-2-4-12(15)6-7-13-8-9-14(10-16(13)24)22-18(21)23-17(19)20/h2-5,8-10H,6-7H2,1H3,(H6,19,20,21,22,23). The Morgan fingerprint density at radius 1 is 1.00 bits per heavy atom. The second-order valence-electron chi connectivity index (χ2n) is 5.80. The van der Waals surface area contributed by atoms with Crippen LogP contribution in [0, 0.1) is 0 Å². The van der Waals surface area contributed by atoms with E-state index >= 15 is 0 Å². The minimum Gasteiger partial charge on any atom is -0.370 e. The molecule has 1 aliphatic rings. The molecule has 128 valence electrons. The Bertz CT molecular complexity index is 883. The third kappa shape index (κ3) is 3.45. The number of nitrogens with zero attached hydrogens (tertiary/aromatic N) is 3. The summed E-state index contributed by atoms with van der Waals surface area (Å²) in [7, 11) is 0. The van der Waals surface area contributed by atoms with Gasteiger partial charge in [0, 0.05) is 6.92 Å². The maximum absolute atomic E-state index is 12.4. The first-order valence-electron chi connectivity index (χ1n) is 7.91. The van der Waals surface area contributed by atoms with E-state index in [1.807, 2.05) is 42.5 Å². The Kier molecular flexibility index (Phi) is 4.38. The molecule has 3 rings (SSSR count). The molecule has 7 nitrogen and oxygen atoms in total. The number of carbonyl (C=O) groups is 1. The van der Waals surface area contributed by atoms with E-state index in [-0.39, 0.29) is 17.8 Å². The van der Waals surface area contributed by atoms with Crippen LogP contribution in [-0.4, -0.2) is 17.8 Å². The molecule has 2 aromatic carbocycles. The lowest BCUT2D eigenvalue weighted by molar-refractivity contribution is -0.115. The molecule has 0 unspecified atom stereocenters. The van der Waals surface area contributed by atoms with E-state index in [2.05, 4.69) is 9.98 Å². The molecule has 0 aliphatic carbocycles. The third-order valence-electron chi connectivity index (χ3n) is 4.01. The summed E-state index contributed by atoms with van der Waals surface area (Å²) in [6, 6.07) is 13.5. The summed E-state index contributed by atoms with van der Waals surface area (Å²) < 4.78 is 0. The molecule has 0 bridgehead atoms. The van der Waals surface area contributed by atoms with Crippen molar-refractivity contribution in [1.29, 1.82) is 0 Å². The molecule has 0 saturated carbocycles. The van der Waals surface area contributed by atoms with E-state index in [0.717, 1.165) is 35.3 Å². The number of fused-ring (bicyclic) bond motifs is 2. The lowest BCUT2D eigenvalue weighted by Gasteiger charge is -2.23. The zero-order chi connectivity index (χ0) is 18.0. The lowest BCUT2D eigenvalue weighted by Crippen LogP contribution is -2.26. The molecule has 0 atom stereocenters. The van der Waals surface area contributed by atoms with Crippen molar-refractivity contribution in [2.24, 2.45) is 27.2 Å². The fourth-order valence-electron chi connectivity index (χ4n) is 3.01. The summed E-state index contributed by atoms with van der Waals surface area (Å²) in [6.45, 7) is 1.55. The third-order valence-corrected chi connectivity index (χ3v) is 4.01. The fourth-order valence-corrected chi connectivity index (χ4v) is 3.01. The number of rotatable bonds is 1. The summed E-state index contributed by atoms with van der Waals surface area (Å²) in [4.78, 5) is 22.0. The average molecular weight is 336 g/mol. The van der Waals surface area contributed by atoms with Crippen molar-refractivity contribution in [3.8, 4) is 0 Å². The number of aliphatic imine (C=N–C) groups is 2. The van der Waals surface area contributed by atoms with E-state index in [1.54, 1.807) is 11.8 Å².